The van der Waals surface area contributed by atoms with Crippen LogP contribution in [0.5, 0.6) is 0 Å². The van der Waals surface area contributed by atoms with Crippen LogP contribution in [0.25, 0.3) is 0 Å². The van der Waals surface area contributed by atoms with Crippen molar-refractivity contribution in [2.24, 2.45) is 5.89 Å². The molecule has 76 valence electrons. The summed E-state index contributed by atoms with van der Waals surface area (Å²) in [4.78, 5) is -0.180. The summed E-state index contributed by atoms with van der Waals surface area (Å²) in [5, 5.41) is 0. The first-order valence-electron chi connectivity index (χ1n) is 11.6. The van der Waals surface area contributed by atoms with Crippen molar-refractivity contribution in [1.29, 1.82) is 0 Å². The predicted molar refractivity (Wildman–Crippen MR) is 64.8 cm³/mol. The van der Waals surface area contributed by atoms with E-state index in [1.807, 2.05) is 0 Å². The molecular formula is C12H16BrN. The maximum atomic E-state index is 8.25. The molecular weight excluding hydrogens is 238 g/mol. The van der Waals surface area contributed by atoms with Crippen LogP contribution in [0.1, 0.15) is 41.5 Å². The van der Waals surface area contributed by atoms with E-state index in [0.717, 1.165) is 0 Å². The second kappa shape index (κ2) is 4.35. The molecule has 0 N–H and O–H groups in total. The van der Waals surface area contributed by atoms with E-state index in [4.69, 9.17) is 21.9 Å². The van der Waals surface area contributed by atoms with Crippen LogP contribution in [-0.2, 0) is 0 Å². The van der Waals surface area contributed by atoms with Gasteiger partial charge in [-0.1, -0.05) is 18.9 Å². The fourth-order valence-corrected chi connectivity index (χ4v) is 1.21. The molecule has 0 saturated carbocycles. The fourth-order valence-electron chi connectivity index (χ4n) is 0.839. The molecule has 1 nitrogen and oxygen atoms in total. The number of piperidine rings is 1. The average molecular weight is 270 g/mol. The minimum absolute atomic E-state index is 0.180. The van der Waals surface area contributed by atoms with Gasteiger partial charge in [-0.3, -0.25) is 0 Å². The van der Waals surface area contributed by atoms with Gasteiger partial charge in [0.15, 0.2) is 0 Å². The van der Waals surface area contributed by atoms with E-state index in [9.17, 15) is 0 Å². The Kier molecular flexibility index (Phi) is 0.704. The summed E-state index contributed by atoms with van der Waals surface area (Å²) in [6, 6.07) is -3.47. The van der Waals surface area contributed by atoms with Crippen LogP contribution in [0.2, 0.25) is 0 Å². The third kappa shape index (κ3) is 2.11. The lowest BCUT2D eigenvalue weighted by molar-refractivity contribution is 0.438. The molecule has 1 aliphatic rings. The van der Waals surface area contributed by atoms with Gasteiger partial charge < -0.3 is 4.90 Å². The number of nitrogens with zero attached hydrogens (tertiary/aromatic N) is 1. The molecule has 0 atom stereocenters. The monoisotopic (exact) mass is 269 g/mol. The molecule has 2 rings (SSSR count). The zero-order valence-corrected chi connectivity index (χ0v) is 8.41. The maximum absolute atomic E-state index is 8.25. The summed E-state index contributed by atoms with van der Waals surface area (Å²) in [5.41, 5.74) is -0.948. The summed E-state index contributed by atoms with van der Waals surface area (Å²) in [7, 11) is 0. The Morgan fingerprint density at radius 3 is 3.00 bits per heavy atom. The Bertz CT molecular complexity index is 832. The highest BCUT2D eigenvalue weighted by atomic mass is 79.9. The Balaban J connectivity index is 3.07. The third-order valence-corrected chi connectivity index (χ3v) is 2.01. The third-order valence-electron chi connectivity index (χ3n) is 1.43. The number of rotatable bonds is 1. The Labute approximate surface area is 117 Å². The van der Waals surface area contributed by atoms with Crippen molar-refractivity contribution in [3.63, 3.8) is 0 Å². The lowest BCUT2D eigenvalue weighted by Crippen LogP contribution is -2.32. The quantitative estimate of drug-likeness (QED) is 0.752. The zero-order chi connectivity index (χ0) is 24.0. The molecule has 1 saturated heterocycles. The van der Waals surface area contributed by atoms with E-state index in [-0.39, 0.29) is 4.90 Å². The van der Waals surface area contributed by atoms with Crippen LogP contribution in [0.15, 0.2) is 28.6 Å². The number of anilines is 1. The van der Waals surface area contributed by atoms with Gasteiger partial charge in [-0.2, -0.15) is 0 Å². The molecule has 1 fully saturated rings. The molecule has 14 heavy (non-hydrogen) atoms. The molecule has 0 aromatic heterocycles. The van der Waals surface area contributed by atoms with Gasteiger partial charge in [-0.25, -0.2) is 0 Å². The molecule has 0 radical (unpaired) electrons. The molecule has 1 aromatic rings. The van der Waals surface area contributed by atoms with Crippen LogP contribution in [0, 0.1) is 5.89 Å². The van der Waals surface area contributed by atoms with E-state index >= 15 is 0 Å². The van der Waals surface area contributed by atoms with Crippen LogP contribution in [0.3, 0.4) is 0 Å². The van der Waals surface area contributed by atoms with Crippen molar-refractivity contribution in [2.45, 2.75) is 19.6 Å². The molecule has 0 aliphatic carbocycles. The zero-order valence-electron chi connectivity index (χ0n) is 22.8. The van der Waals surface area contributed by atoms with Gasteiger partial charge in [0.1, 0.15) is 0 Å². The van der Waals surface area contributed by atoms with Crippen molar-refractivity contribution in [3.8, 4) is 0 Å². The lowest BCUT2D eigenvalue weighted by atomic mass is 9.99. The minimum atomic E-state index is -3.92. The van der Waals surface area contributed by atoms with Gasteiger partial charge in [0.25, 0.3) is 0 Å². The van der Waals surface area contributed by atoms with E-state index in [1.165, 1.54) is 0 Å². The first kappa shape index (κ1) is 2.27. The summed E-state index contributed by atoms with van der Waals surface area (Å²) in [6.07, 6.45) is -7.76. The van der Waals surface area contributed by atoms with Gasteiger partial charge >= 0.3 is 0 Å². The Hall–Kier alpha value is -0.500. The number of benzene rings is 1. The Morgan fingerprint density at radius 1 is 1.57 bits per heavy atom. The molecule has 0 spiro atoms. The van der Waals surface area contributed by atoms with Gasteiger partial charge in [0.05, 0.1) is 11.2 Å². The number of hydrogen-bond donors (Lipinski definition) is 0. The van der Waals surface area contributed by atoms with Crippen LogP contribution >= 0.6 is 15.9 Å². The van der Waals surface area contributed by atoms with Crippen LogP contribution in [0.4, 0.5) is 5.69 Å². The SMILES string of the molecule is [2H]c1c([2H])c([2H])c(N2C([2H])([2H])C([2H])([2H])C([2H])(C([2H])([2H])[2H])C([2H])([2H])C2([2H])[2H])c(Br)c1[2H]. The highest BCUT2D eigenvalue weighted by Gasteiger charge is 2.16. The van der Waals surface area contributed by atoms with E-state index in [0.29, 0.717) is 0 Å². The van der Waals surface area contributed by atoms with Gasteiger partial charge in [0.2, 0.25) is 0 Å². The standard InChI is InChI=1S/C12H16BrN/c1-10-6-8-14(9-7-10)12-5-3-2-4-11(12)13/h2-5,10H,6-9H2,1H3/i1D3,2D,3D,4D,5D,6D2,7D2,8D2,9D2,10D. The van der Waals surface area contributed by atoms with Gasteiger partial charge in [0, 0.05) is 33.9 Å². The highest BCUT2D eigenvalue weighted by Crippen LogP contribution is 2.29. The lowest BCUT2D eigenvalue weighted by Gasteiger charge is -2.32. The van der Waals surface area contributed by atoms with Crippen molar-refractivity contribution in [1.82, 2.24) is 0 Å². The highest BCUT2D eigenvalue weighted by molar-refractivity contribution is 9.10. The molecule has 0 unspecified atom stereocenters. The van der Waals surface area contributed by atoms with E-state index in [1.54, 1.807) is 0 Å². The first-order valence-corrected chi connectivity index (χ1v) is 4.40. The summed E-state index contributed by atoms with van der Waals surface area (Å²) >= 11 is 2.81. The summed E-state index contributed by atoms with van der Waals surface area (Å²) < 4.78 is 127. The molecule has 1 aromatic carbocycles. The minimum Gasteiger partial charge on any atom is -0.371 e. The fraction of sp³-hybridized carbons (Fsp3) is 0.500. The van der Waals surface area contributed by atoms with E-state index < -0.39 is 72.8 Å². The maximum Gasteiger partial charge on any atom is 0.0645 e. The molecule has 1 heterocycles. The predicted octanol–water partition coefficient (Wildman–Crippen LogP) is 3.69. The van der Waals surface area contributed by atoms with Crippen molar-refractivity contribution in [3.05, 3.63) is 28.6 Å². The summed E-state index contributed by atoms with van der Waals surface area (Å²) in [6.45, 7) is -11.3. The largest absolute Gasteiger partial charge is 0.371 e. The molecule has 0 bridgehead atoms. The topological polar surface area (TPSA) is 3.24 Å². The van der Waals surface area contributed by atoms with Crippen molar-refractivity contribution < 1.29 is 21.9 Å². The average Bonchev–Trinajstić information content (AvgIpc) is 2.58. The molecule has 0 amide bonds. The number of halogens is 1. The second-order valence-electron chi connectivity index (χ2n) is 2.35. The first-order chi connectivity index (χ1) is 13.0. The van der Waals surface area contributed by atoms with Gasteiger partial charge in [-0.05, 0) is 46.7 Å². The van der Waals surface area contributed by atoms with Crippen LogP contribution < -0.4 is 4.90 Å². The Morgan fingerprint density at radius 2 is 2.29 bits per heavy atom. The normalized spacial score (nSPS) is 52.8. The van der Waals surface area contributed by atoms with Crippen molar-refractivity contribution >= 4 is 21.6 Å². The number of para-hydroxylation sites is 1. The van der Waals surface area contributed by atoms with Crippen LogP contribution in [-0.4, -0.2) is 13.0 Å². The van der Waals surface area contributed by atoms with Gasteiger partial charge in [-0.15, -0.1) is 0 Å². The second-order valence-corrected chi connectivity index (χ2v) is 3.14. The van der Waals surface area contributed by atoms with Crippen molar-refractivity contribution in [2.75, 3.05) is 17.9 Å². The number of hydrogen-bond acceptors (Lipinski definition) is 1. The summed E-state index contributed by atoms with van der Waals surface area (Å²) in [5.74, 6) is -3.92. The molecule has 1 aliphatic heterocycles. The molecule has 2 heteroatoms. The van der Waals surface area contributed by atoms with E-state index in [2.05, 4.69) is 15.9 Å². The smallest absolute Gasteiger partial charge is 0.0645 e.